The lowest BCUT2D eigenvalue weighted by molar-refractivity contribution is 0.369. The van der Waals surface area contributed by atoms with Crippen LogP contribution < -0.4 is 0 Å². The highest BCUT2D eigenvalue weighted by Gasteiger charge is 2.23. The van der Waals surface area contributed by atoms with Crippen LogP contribution in [0.2, 0.25) is 0 Å². The summed E-state index contributed by atoms with van der Waals surface area (Å²) in [5.41, 5.74) is 3.04. The summed E-state index contributed by atoms with van der Waals surface area (Å²) in [6.07, 6.45) is 9.12. The van der Waals surface area contributed by atoms with Crippen molar-refractivity contribution in [1.29, 1.82) is 0 Å². The van der Waals surface area contributed by atoms with Crippen molar-refractivity contribution in [2.24, 2.45) is 0 Å². The van der Waals surface area contributed by atoms with Gasteiger partial charge in [0, 0.05) is 11.7 Å². The molecule has 0 radical (unpaired) electrons. The first-order chi connectivity index (χ1) is 10.2. The topological polar surface area (TPSA) is 30.7 Å². The molecule has 0 aliphatic heterocycles. The lowest BCUT2D eigenvalue weighted by Gasteiger charge is -2.24. The zero-order valence-electron chi connectivity index (χ0n) is 13.0. The van der Waals surface area contributed by atoms with Gasteiger partial charge in [-0.15, -0.1) is 11.6 Å². The number of imidazole rings is 1. The average molecular weight is 306 g/mol. The van der Waals surface area contributed by atoms with Gasteiger partial charge in [0.1, 0.15) is 11.3 Å². The predicted molar refractivity (Wildman–Crippen MR) is 87.9 cm³/mol. The number of hydrogen-bond donors (Lipinski definition) is 0. The molecule has 114 valence electrons. The van der Waals surface area contributed by atoms with Crippen molar-refractivity contribution in [2.45, 2.75) is 70.2 Å². The van der Waals surface area contributed by atoms with Gasteiger partial charge in [0.05, 0.1) is 5.38 Å². The summed E-state index contributed by atoms with van der Waals surface area (Å²) in [5.74, 6) is 0.982. The van der Waals surface area contributed by atoms with Crippen molar-refractivity contribution in [1.82, 2.24) is 14.5 Å². The summed E-state index contributed by atoms with van der Waals surface area (Å²) in [7, 11) is 0. The molecule has 0 amide bonds. The fourth-order valence-corrected chi connectivity index (χ4v) is 3.57. The third kappa shape index (κ3) is 3.08. The maximum Gasteiger partial charge on any atom is 0.160 e. The highest BCUT2D eigenvalue weighted by Crippen LogP contribution is 2.33. The standard InChI is InChI=1S/C17H24ClN3/c1-12-10-11-15-17(19-12)21(16(20-15)13(2)18)14-8-6-4-3-5-7-9-14/h10-11,13-14H,3-9H2,1-2H3. The summed E-state index contributed by atoms with van der Waals surface area (Å²) in [5, 5.41) is -0.0788. The minimum atomic E-state index is -0.0788. The SMILES string of the molecule is Cc1ccc2nc(C(C)Cl)n(C3CCCCCCC3)c2n1. The molecule has 0 saturated heterocycles. The molecular formula is C17H24ClN3. The molecule has 1 aliphatic rings. The van der Waals surface area contributed by atoms with E-state index in [1.807, 2.05) is 19.9 Å². The summed E-state index contributed by atoms with van der Waals surface area (Å²) in [6, 6.07) is 4.60. The van der Waals surface area contributed by atoms with Gasteiger partial charge < -0.3 is 4.57 Å². The van der Waals surface area contributed by atoms with Crippen LogP contribution in [-0.2, 0) is 0 Å². The molecule has 0 N–H and O–H groups in total. The molecule has 1 atom stereocenters. The molecule has 3 nitrogen and oxygen atoms in total. The van der Waals surface area contributed by atoms with E-state index in [1.54, 1.807) is 0 Å². The number of aromatic nitrogens is 3. The van der Waals surface area contributed by atoms with E-state index >= 15 is 0 Å². The first-order valence-electron chi connectivity index (χ1n) is 8.16. The smallest absolute Gasteiger partial charge is 0.160 e. The molecule has 2 aromatic rings. The highest BCUT2D eigenvalue weighted by molar-refractivity contribution is 6.20. The van der Waals surface area contributed by atoms with E-state index in [1.165, 1.54) is 44.9 Å². The van der Waals surface area contributed by atoms with Crippen molar-refractivity contribution in [3.05, 3.63) is 23.7 Å². The van der Waals surface area contributed by atoms with Crippen molar-refractivity contribution < 1.29 is 0 Å². The zero-order valence-corrected chi connectivity index (χ0v) is 13.7. The maximum atomic E-state index is 6.40. The number of aryl methyl sites for hydroxylation is 1. The van der Waals surface area contributed by atoms with Gasteiger partial charge in [0.2, 0.25) is 0 Å². The fourth-order valence-electron chi connectivity index (χ4n) is 3.42. The van der Waals surface area contributed by atoms with Gasteiger partial charge in [-0.25, -0.2) is 9.97 Å². The monoisotopic (exact) mass is 305 g/mol. The van der Waals surface area contributed by atoms with Gasteiger partial charge in [0.15, 0.2) is 5.65 Å². The van der Waals surface area contributed by atoms with Gasteiger partial charge in [-0.3, -0.25) is 0 Å². The summed E-state index contributed by atoms with van der Waals surface area (Å²) in [6.45, 7) is 4.05. The molecule has 21 heavy (non-hydrogen) atoms. The van der Waals surface area contributed by atoms with Crippen LogP contribution >= 0.6 is 11.6 Å². The Hall–Kier alpha value is -1.09. The maximum absolute atomic E-state index is 6.40. The van der Waals surface area contributed by atoms with E-state index in [-0.39, 0.29) is 5.38 Å². The van der Waals surface area contributed by atoms with E-state index in [0.717, 1.165) is 22.7 Å². The summed E-state index contributed by atoms with van der Waals surface area (Å²) in [4.78, 5) is 9.50. The Morgan fingerprint density at radius 2 is 1.76 bits per heavy atom. The summed E-state index contributed by atoms with van der Waals surface area (Å²) < 4.78 is 2.34. The molecule has 0 spiro atoms. The van der Waals surface area contributed by atoms with Crippen LogP contribution in [0.25, 0.3) is 11.2 Å². The van der Waals surface area contributed by atoms with Crippen LogP contribution in [-0.4, -0.2) is 14.5 Å². The van der Waals surface area contributed by atoms with E-state index in [4.69, 9.17) is 21.6 Å². The average Bonchev–Trinajstić information content (AvgIpc) is 2.77. The molecule has 1 unspecified atom stereocenters. The molecule has 1 fully saturated rings. The quantitative estimate of drug-likeness (QED) is 0.702. The van der Waals surface area contributed by atoms with E-state index in [9.17, 15) is 0 Å². The second kappa shape index (κ2) is 6.35. The Labute approximate surface area is 131 Å². The van der Waals surface area contributed by atoms with Crippen LogP contribution in [0.3, 0.4) is 0 Å². The van der Waals surface area contributed by atoms with E-state index in [2.05, 4.69) is 10.6 Å². The molecule has 2 heterocycles. The first kappa shape index (κ1) is 14.8. The van der Waals surface area contributed by atoms with Gasteiger partial charge in [-0.1, -0.05) is 32.1 Å². The van der Waals surface area contributed by atoms with Crippen LogP contribution in [0.5, 0.6) is 0 Å². The minimum absolute atomic E-state index is 0.0788. The molecule has 0 aromatic carbocycles. The van der Waals surface area contributed by atoms with Crippen LogP contribution in [0.4, 0.5) is 0 Å². The second-order valence-corrected chi connectivity index (χ2v) is 6.90. The van der Waals surface area contributed by atoms with Crippen molar-refractivity contribution in [2.75, 3.05) is 0 Å². The summed E-state index contributed by atoms with van der Waals surface area (Å²) >= 11 is 6.40. The highest BCUT2D eigenvalue weighted by atomic mass is 35.5. The molecule has 0 bridgehead atoms. The third-order valence-electron chi connectivity index (χ3n) is 4.50. The lowest BCUT2D eigenvalue weighted by atomic mass is 9.96. The molecular weight excluding hydrogens is 282 g/mol. The fraction of sp³-hybridized carbons (Fsp3) is 0.647. The molecule has 3 rings (SSSR count). The van der Waals surface area contributed by atoms with Gasteiger partial charge >= 0.3 is 0 Å². The predicted octanol–water partition coefficient (Wildman–Crippen LogP) is 5.32. The van der Waals surface area contributed by atoms with Crippen LogP contribution in [0, 0.1) is 6.92 Å². The Kier molecular flexibility index (Phi) is 4.48. The number of fused-ring (bicyclic) bond motifs is 1. The Morgan fingerprint density at radius 1 is 1.10 bits per heavy atom. The van der Waals surface area contributed by atoms with Gasteiger partial charge in [-0.05, 0) is 38.8 Å². The van der Waals surface area contributed by atoms with Crippen LogP contribution in [0.1, 0.15) is 74.8 Å². The second-order valence-electron chi connectivity index (χ2n) is 6.25. The number of hydrogen-bond acceptors (Lipinski definition) is 2. The van der Waals surface area contributed by atoms with Gasteiger partial charge in [0.25, 0.3) is 0 Å². The minimum Gasteiger partial charge on any atom is -0.308 e. The van der Waals surface area contributed by atoms with Crippen LogP contribution in [0.15, 0.2) is 12.1 Å². The zero-order chi connectivity index (χ0) is 14.8. The number of rotatable bonds is 2. The number of pyridine rings is 1. The van der Waals surface area contributed by atoms with E-state index < -0.39 is 0 Å². The largest absolute Gasteiger partial charge is 0.308 e. The molecule has 1 aliphatic carbocycles. The molecule has 1 saturated carbocycles. The van der Waals surface area contributed by atoms with Crippen molar-refractivity contribution >= 4 is 22.8 Å². The normalized spacial score (nSPS) is 19.4. The van der Waals surface area contributed by atoms with Crippen molar-refractivity contribution in [3.63, 3.8) is 0 Å². The number of alkyl halides is 1. The first-order valence-corrected chi connectivity index (χ1v) is 8.60. The number of halogens is 1. The van der Waals surface area contributed by atoms with E-state index in [0.29, 0.717) is 6.04 Å². The number of nitrogens with zero attached hydrogens (tertiary/aromatic N) is 3. The Bertz CT molecular complexity index is 610. The lowest BCUT2D eigenvalue weighted by Crippen LogP contribution is -2.15. The Balaban J connectivity index is 2.08. The van der Waals surface area contributed by atoms with Gasteiger partial charge in [-0.2, -0.15) is 0 Å². The molecule has 2 aromatic heterocycles. The Morgan fingerprint density at radius 3 is 2.43 bits per heavy atom. The molecule has 4 heteroatoms. The third-order valence-corrected chi connectivity index (χ3v) is 4.69. The van der Waals surface area contributed by atoms with Crippen molar-refractivity contribution in [3.8, 4) is 0 Å².